The Bertz CT molecular complexity index is 779. The standard InChI is InChI=1S/C16H18N4O/c1-3-8-21-14-6-5-12(9-13(14)17)16-19-18-15-7-4-11(2)10-20(15)16/h4-7,9-10H,3,8,17H2,1-2H3. The molecule has 3 rings (SSSR count). The maximum absolute atomic E-state index is 6.06. The average molecular weight is 282 g/mol. The fraction of sp³-hybridized carbons (Fsp3) is 0.250. The number of hydrogen-bond acceptors (Lipinski definition) is 4. The summed E-state index contributed by atoms with van der Waals surface area (Å²) in [5, 5.41) is 8.43. The molecule has 3 aromatic rings. The lowest BCUT2D eigenvalue weighted by molar-refractivity contribution is 0.319. The van der Waals surface area contributed by atoms with Crippen LogP contribution in [0, 0.1) is 6.92 Å². The van der Waals surface area contributed by atoms with E-state index in [1.165, 1.54) is 0 Å². The van der Waals surface area contributed by atoms with Gasteiger partial charge in [-0.15, -0.1) is 10.2 Å². The summed E-state index contributed by atoms with van der Waals surface area (Å²) in [5.74, 6) is 1.49. The van der Waals surface area contributed by atoms with Crippen LogP contribution in [0.3, 0.4) is 0 Å². The molecule has 21 heavy (non-hydrogen) atoms. The first-order valence-corrected chi connectivity index (χ1v) is 7.03. The first kappa shape index (κ1) is 13.4. The summed E-state index contributed by atoms with van der Waals surface area (Å²) in [6, 6.07) is 9.69. The first-order chi connectivity index (χ1) is 10.2. The molecule has 2 heterocycles. The molecule has 0 radical (unpaired) electrons. The van der Waals surface area contributed by atoms with Crippen molar-refractivity contribution in [3.05, 3.63) is 42.1 Å². The number of nitrogen functional groups attached to an aromatic ring is 1. The van der Waals surface area contributed by atoms with Crippen molar-refractivity contribution in [3.8, 4) is 17.1 Å². The molecule has 0 aliphatic rings. The normalized spacial score (nSPS) is 11.0. The van der Waals surface area contributed by atoms with Crippen LogP contribution in [-0.4, -0.2) is 21.2 Å². The number of hydrogen-bond donors (Lipinski definition) is 1. The van der Waals surface area contributed by atoms with Gasteiger partial charge in [0.1, 0.15) is 5.75 Å². The van der Waals surface area contributed by atoms with Crippen molar-refractivity contribution in [2.24, 2.45) is 0 Å². The highest BCUT2D eigenvalue weighted by atomic mass is 16.5. The highest BCUT2D eigenvalue weighted by Gasteiger charge is 2.10. The minimum absolute atomic E-state index is 0.616. The summed E-state index contributed by atoms with van der Waals surface area (Å²) >= 11 is 0. The van der Waals surface area contributed by atoms with Crippen LogP contribution in [-0.2, 0) is 0 Å². The van der Waals surface area contributed by atoms with Crippen molar-refractivity contribution in [2.45, 2.75) is 20.3 Å². The Kier molecular flexibility index (Phi) is 3.48. The van der Waals surface area contributed by atoms with E-state index in [9.17, 15) is 0 Å². The first-order valence-electron chi connectivity index (χ1n) is 7.03. The van der Waals surface area contributed by atoms with Crippen LogP contribution >= 0.6 is 0 Å². The minimum Gasteiger partial charge on any atom is -0.491 e. The van der Waals surface area contributed by atoms with Crippen molar-refractivity contribution in [3.63, 3.8) is 0 Å². The predicted octanol–water partition coefficient (Wildman–Crippen LogP) is 3.08. The smallest absolute Gasteiger partial charge is 0.168 e. The predicted molar refractivity (Wildman–Crippen MR) is 83.4 cm³/mol. The van der Waals surface area contributed by atoms with Gasteiger partial charge in [0.2, 0.25) is 0 Å². The van der Waals surface area contributed by atoms with Crippen LogP contribution < -0.4 is 10.5 Å². The van der Waals surface area contributed by atoms with Gasteiger partial charge in [-0.1, -0.05) is 13.0 Å². The molecule has 0 spiro atoms. The van der Waals surface area contributed by atoms with Gasteiger partial charge in [0, 0.05) is 11.8 Å². The summed E-state index contributed by atoms with van der Waals surface area (Å²) in [7, 11) is 0. The van der Waals surface area contributed by atoms with Crippen molar-refractivity contribution >= 4 is 11.3 Å². The maximum atomic E-state index is 6.06. The molecule has 0 aliphatic carbocycles. The highest BCUT2D eigenvalue weighted by molar-refractivity contribution is 5.68. The van der Waals surface area contributed by atoms with E-state index in [1.807, 2.05) is 47.9 Å². The lowest BCUT2D eigenvalue weighted by atomic mass is 10.1. The van der Waals surface area contributed by atoms with Crippen LogP contribution in [0.5, 0.6) is 5.75 Å². The zero-order valence-corrected chi connectivity index (χ0v) is 12.2. The zero-order valence-electron chi connectivity index (χ0n) is 12.2. The topological polar surface area (TPSA) is 65.4 Å². The molecule has 0 fully saturated rings. The molecule has 5 heteroatoms. The monoisotopic (exact) mass is 282 g/mol. The summed E-state index contributed by atoms with van der Waals surface area (Å²) in [6.45, 7) is 4.77. The fourth-order valence-electron chi connectivity index (χ4n) is 2.22. The second-order valence-electron chi connectivity index (χ2n) is 5.06. The van der Waals surface area contributed by atoms with Gasteiger partial charge in [0.15, 0.2) is 11.5 Å². The number of fused-ring (bicyclic) bond motifs is 1. The van der Waals surface area contributed by atoms with E-state index in [0.717, 1.165) is 29.0 Å². The van der Waals surface area contributed by atoms with Gasteiger partial charge in [0.25, 0.3) is 0 Å². The molecule has 5 nitrogen and oxygen atoms in total. The zero-order chi connectivity index (χ0) is 14.8. The van der Waals surface area contributed by atoms with Crippen LogP contribution in [0.4, 0.5) is 5.69 Å². The number of ether oxygens (including phenoxy) is 1. The molecule has 1 aromatic carbocycles. The molecule has 0 atom stereocenters. The van der Waals surface area contributed by atoms with Gasteiger partial charge in [-0.2, -0.15) is 0 Å². The molecule has 0 aliphatic heterocycles. The fourth-order valence-corrected chi connectivity index (χ4v) is 2.22. The minimum atomic E-state index is 0.616. The van der Waals surface area contributed by atoms with E-state index in [0.29, 0.717) is 18.0 Å². The van der Waals surface area contributed by atoms with Crippen molar-refractivity contribution in [2.75, 3.05) is 12.3 Å². The number of nitrogens with two attached hydrogens (primary N) is 1. The number of rotatable bonds is 4. The Hall–Kier alpha value is -2.56. The highest BCUT2D eigenvalue weighted by Crippen LogP contribution is 2.28. The van der Waals surface area contributed by atoms with E-state index < -0.39 is 0 Å². The lowest BCUT2D eigenvalue weighted by Crippen LogP contribution is -1.99. The number of nitrogens with zero attached hydrogens (tertiary/aromatic N) is 3. The molecule has 0 bridgehead atoms. The Morgan fingerprint density at radius 3 is 2.81 bits per heavy atom. The molecule has 2 aromatic heterocycles. The van der Waals surface area contributed by atoms with Gasteiger partial charge in [0.05, 0.1) is 12.3 Å². The third-order valence-electron chi connectivity index (χ3n) is 3.28. The SMILES string of the molecule is CCCOc1ccc(-c2nnc3ccc(C)cn23)cc1N. The molecular formula is C16H18N4O. The third-order valence-corrected chi connectivity index (χ3v) is 3.28. The molecular weight excluding hydrogens is 264 g/mol. The van der Waals surface area contributed by atoms with Crippen LogP contribution in [0.1, 0.15) is 18.9 Å². The summed E-state index contributed by atoms with van der Waals surface area (Å²) in [4.78, 5) is 0. The number of pyridine rings is 1. The average Bonchev–Trinajstić information content (AvgIpc) is 2.89. The number of benzene rings is 1. The summed E-state index contributed by atoms with van der Waals surface area (Å²) in [5.41, 5.74) is 9.57. The van der Waals surface area contributed by atoms with Gasteiger partial charge in [-0.05, 0) is 43.2 Å². The second-order valence-corrected chi connectivity index (χ2v) is 5.06. The quantitative estimate of drug-likeness (QED) is 0.747. The number of anilines is 1. The maximum Gasteiger partial charge on any atom is 0.168 e. The Balaban J connectivity index is 2.02. The van der Waals surface area contributed by atoms with E-state index in [1.54, 1.807) is 0 Å². The van der Waals surface area contributed by atoms with E-state index >= 15 is 0 Å². The van der Waals surface area contributed by atoms with E-state index in [2.05, 4.69) is 17.1 Å². The lowest BCUT2D eigenvalue weighted by Gasteiger charge is -2.09. The van der Waals surface area contributed by atoms with Crippen molar-refractivity contribution in [1.82, 2.24) is 14.6 Å². The van der Waals surface area contributed by atoms with E-state index in [4.69, 9.17) is 10.5 Å². The molecule has 0 amide bonds. The summed E-state index contributed by atoms with van der Waals surface area (Å²) < 4.78 is 7.57. The third kappa shape index (κ3) is 2.54. The van der Waals surface area contributed by atoms with Gasteiger partial charge in [-0.25, -0.2) is 0 Å². The van der Waals surface area contributed by atoms with E-state index in [-0.39, 0.29) is 0 Å². The molecule has 0 unspecified atom stereocenters. The van der Waals surface area contributed by atoms with Crippen LogP contribution in [0.2, 0.25) is 0 Å². The number of aryl methyl sites for hydroxylation is 1. The molecule has 108 valence electrons. The molecule has 2 N–H and O–H groups in total. The second kappa shape index (κ2) is 5.44. The molecule has 0 saturated carbocycles. The largest absolute Gasteiger partial charge is 0.491 e. The Morgan fingerprint density at radius 1 is 1.19 bits per heavy atom. The van der Waals surface area contributed by atoms with Crippen LogP contribution in [0.25, 0.3) is 17.0 Å². The van der Waals surface area contributed by atoms with Gasteiger partial charge >= 0.3 is 0 Å². The van der Waals surface area contributed by atoms with Gasteiger partial charge in [-0.3, -0.25) is 4.40 Å². The Morgan fingerprint density at radius 2 is 2.05 bits per heavy atom. The van der Waals surface area contributed by atoms with Crippen molar-refractivity contribution in [1.29, 1.82) is 0 Å². The number of aromatic nitrogens is 3. The summed E-state index contributed by atoms with van der Waals surface area (Å²) in [6.07, 6.45) is 2.97. The van der Waals surface area contributed by atoms with Crippen LogP contribution in [0.15, 0.2) is 36.5 Å². The van der Waals surface area contributed by atoms with Crippen molar-refractivity contribution < 1.29 is 4.74 Å². The van der Waals surface area contributed by atoms with Gasteiger partial charge < -0.3 is 10.5 Å². The Labute approximate surface area is 123 Å². The molecule has 0 saturated heterocycles.